The molecule has 1 fully saturated rings. The summed E-state index contributed by atoms with van der Waals surface area (Å²) in [5, 5.41) is 14.2. The molecule has 1 saturated heterocycles. The van der Waals surface area contributed by atoms with Crippen molar-refractivity contribution in [1.82, 2.24) is 14.2 Å². The number of likely N-dealkylation sites (N-methyl/N-ethyl adjacent to an activating group) is 1. The minimum absolute atomic E-state index is 0.106. The average molecular weight is 458 g/mol. The molecule has 1 aromatic heterocycles. The molecule has 2 aromatic carbocycles. The van der Waals surface area contributed by atoms with E-state index in [1.54, 1.807) is 12.1 Å². The van der Waals surface area contributed by atoms with Crippen LogP contribution < -0.4 is 5.32 Å². The molecule has 1 amide bonds. The van der Waals surface area contributed by atoms with E-state index in [1.807, 2.05) is 6.92 Å². The van der Waals surface area contributed by atoms with Gasteiger partial charge in [-0.05, 0) is 30.8 Å². The number of carbonyl (C=O) groups is 1. The first-order valence-corrected chi connectivity index (χ1v) is 11.6. The Bertz CT molecular complexity index is 1280. The number of fused-ring (bicyclic) bond motifs is 1. The fourth-order valence-electron chi connectivity index (χ4n) is 3.78. The fraction of sp³-hybridized carbons (Fsp3) is 0.286. The molecule has 32 heavy (non-hydrogen) atoms. The van der Waals surface area contributed by atoms with Gasteiger partial charge < -0.3 is 15.2 Å². The Morgan fingerprint density at radius 2 is 1.91 bits per heavy atom. The number of hydrogen-bond donors (Lipinski definition) is 2. The lowest BCUT2D eigenvalue weighted by atomic mass is 10.1. The first kappa shape index (κ1) is 21.9. The second kappa shape index (κ2) is 8.69. The van der Waals surface area contributed by atoms with Crippen molar-refractivity contribution in [3.05, 3.63) is 64.3 Å². The van der Waals surface area contributed by atoms with Gasteiger partial charge in [0.15, 0.2) is 0 Å². The molecule has 3 aromatic rings. The molecule has 0 saturated carbocycles. The number of non-ortho nitro benzene ring substituents is 1. The van der Waals surface area contributed by atoms with Crippen LogP contribution in [0.5, 0.6) is 0 Å². The summed E-state index contributed by atoms with van der Waals surface area (Å²) in [4.78, 5) is 28.6. The smallest absolute Gasteiger partial charge is 0.270 e. The van der Waals surface area contributed by atoms with Crippen molar-refractivity contribution in [2.75, 3.05) is 38.0 Å². The third kappa shape index (κ3) is 4.22. The molecule has 0 atom stereocenters. The minimum Gasteiger partial charge on any atom is -0.360 e. The standard InChI is InChI=1S/C21H23N5O5S/c1-2-24-8-10-25(11-9-24)32(30,31)17-5-3-4-15(12-17)23-21(27)19-14-22-20-7-6-16(26(28)29)13-18(19)20/h3-7,12-14,22H,2,8-11H2,1H3,(H,23,27). The van der Waals surface area contributed by atoms with Gasteiger partial charge in [-0.2, -0.15) is 4.31 Å². The normalized spacial score (nSPS) is 15.7. The summed E-state index contributed by atoms with van der Waals surface area (Å²) in [5.74, 6) is -0.497. The predicted octanol–water partition coefficient (Wildman–Crippen LogP) is 2.65. The van der Waals surface area contributed by atoms with Gasteiger partial charge in [0.25, 0.3) is 11.6 Å². The van der Waals surface area contributed by atoms with E-state index in [0.29, 0.717) is 42.8 Å². The van der Waals surface area contributed by atoms with Gasteiger partial charge in [-0.15, -0.1) is 0 Å². The van der Waals surface area contributed by atoms with E-state index >= 15 is 0 Å². The molecule has 0 aliphatic carbocycles. The highest BCUT2D eigenvalue weighted by Crippen LogP contribution is 2.25. The first-order valence-electron chi connectivity index (χ1n) is 10.2. The molecule has 0 unspecified atom stereocenters. The molecule has 0 bridgehead atoms. The number of anilines is 1. The summed E-state index contributed by atoms with van der Waals surface area (Å²) < 4.78 is 27.6. The minimum atomic E-state index is -3.68. The van der Waals surface area contributed by atoms with Crippen LogP contribution in [0, 0.1) is 10.1 Å². The van der Waals surface area contributed by atoms with Crippen LogP contribution in [0.15, 0.2) is 53.6 Å². The Morgan fingerprint density at radius 1 is 1.16 bits per heavy atom. The highest BCUT2D eigenvalue weighted by molar-refractivity contribution is 7.89. The molecular weight excluding hydrogens is 434 g/mol. The molecule has 2 heterocycles. The Hall–Kier alpha value is -3.28. The first-order chi connectivity index (χ1) is 15.3. The van der Waals surface area contributed by atoms with Crippen molar-refractivity contribution in [2.24, 2.45) is 0 Å². The van der Waals surface area contributed by atoms with E-state index in [-0.39, 0.29) is 16.1 Å². The second-order valence-electron chi connectivity index (χ2n) is 7.51. The monoisotopic (exact) mass is 457 g/mol. The van der Waals surface area contributed by atoms with Crippen LogP contribution in [0.3, 0.4) is 0 Å². The highest BCUT2D eigenvalue weighted by Gasteiger charge is 2.28. The van der Waals surface area contributed by atoms with Crippen LogP contribution >= 0.6 is 0 Å². The lowest BCUT2D eigenvalue weighted by molar-refractivity contribution is -0.384. The summed E-state index contributed by atoms with van der Waals surface area (Å²) >= 11 is 0. The van der Waals surface area contributed by atoms with Gasteiger partial charge in [0.1, 0.15) is 0 Å². The summed E-state index contributed by atoms with van der Waals surface area (Å²) in [5.41, 5.74) is 1.02. The lowest BCUT2D eigenvalue weighted by Gasteiger charge is -2.33. The Labute approximate surface area is 185 Å². The third-order valence-electron chi connectivity index (χ3n) is 5.63. The van der Waals surface area contributed by atoms with Crippen molar-refractivity contribution >= 4 is 38.2 Å². The molecule has 1 aliphatic rings. The van der Waals surface area contributed by atoms with Gasteiger partial charge >= 0.3 is 0 Å². The maximum atomic E-state index is 13.1. The van der Waals surface area contributed by atoms with Crippen LogP contribution in [0.4, 0.5) is 11.4 Å². The summed E-state index contributed by atoms with van der Waals surface area (Å²) in [6.07, 6.45) is 1.47. The van der Waals surface area contributed by atoms with E-state index < -0.39 is 20.9 Å². The third-order valence-corrected chi connectivity index (χ3v) is 7.52. The fourth-order valence-corrected chi connectivity index (χ4v) is 5.25. The molecule has 168 valence electrons. The number of nitro benzene ring substituents is 1. The van der Waals surface area contributed by atoms with Gasteiger partial charge in [0.2, 0.25) is 10.0 Å². The van der Waals surface area contributed by atoms with Crippen molar-refractivity contribution in [3.8, 4) is 0 Å². The molecule has 0 spiro atoms. The van der Waals surface area contributed by atoms with E-state index in [4.69, 9.17) is 0 Å². The van der Waals surface area contributed by atoms with Gasteiger partial charge in [-0.1, -0.05) is 13.0 Å². The Morgan fingerprint density at radius 3 is 2.59 bits per heavy atom. The quantitative estimate of drug-likeness (QED) is 0.433. The van der Waals surface area contributed by atoms with Crippen molar-refractivity contribution in [2.45, 2.75) is 11.8 Å². The number of H-pyrrole nitrogens is 1. The van der Waals surface area contributed by atoms with Crippen LogP contribution in [-0.4, -0.2) is 66.2 Å². The van der Waals surface area contributed by atoms with Crippen molar-refractivity contribution in [3.63, 3.8) is 0 Å². The van der Waals surface area contributed by atoms with E-state index in [2.05, 4.69) is 15.2 Å². The molecular formula is C21H23N5O5S. The molecule has 0 radical (unpaired) electrons. The SMILES string of the molecule is CCN1CCN(S(=O)(=O)c2cccc(NC(=O)c3c[nH]c4ccc([N+](=O)[O-])cc34)c2)CC1. The van der Waals surface area contributed by atoms with Gasteiger partial charge in [0.05, 0.1) is 15.4 Å². The molecule has 2 N–H and O–H groups in total. The molecule has 4 rings (SSSR count). The molecule has 11 heteroatoms. The van der Waals surface area contributed by atoms with Crippen LogP contribution in [-0.2, 0) is 10.0 Å². The van der Waals surface area contributed by atoms with Gasteiger partial charge in [-0.25, -0.2) is 8.42 Å². The molecule has 1 aliphatic heterocycles. The number of nitrogens with zero attached hydrogens (tertiary/aromatic N) is 3. The maximum absolute atomic E-state index is 13.1. The lowest BCUT2D eigenvalue weighted by Crippen LogP contribution is -2.48. The van der Waals surface area contributed by atoms with E-state index in [0.717, 1.165) is 6.54 Å². The number of amides is 1. The zero-order valence-electron chi connectivity index (χ0n) is 17.4. The van der Waals surface area contributed by atoms with Crippen LogP contribution in [0.2, 0.25) is 0 Å². The second-order valence-corrected chi connectivity index (χ2v) is 9.45. The molecule has 10 nitrogen and oxygen atoms in total. The number of hydrogen-bond acceptors (Lipinski definition) is 6. The zero-order valence-corrected chi connectivity index (χ0v) is 18.3. The van der Waals surface area contributed by atoms with E-state index in [1.165, 1.54) is 40.8 Å². The number of rotatable bonds is 6. The summed E-state index contributed by atoms with van der Waals surface area (Å²) in [6, 6.07) is 10.3. The number of aromatic amines is 1. The summed E-state index contributed by atoms with van der Waals surface area (Å²) in [6.45, 7) is 5.12. The van der Waals surface area contributed by atoms with Crippen LogP contribution in [0.25, 0.3) is 10.9 Å². The number of nitro groups is 1. The topological polar surface area (TPSA) is 129 Å². The van der Waals surface area contributed by atoms with Crippen molar-refractivity contribution < 1.29 is 18.1 Å². The number of aromatic nitrogens is 1. The maximum Gasteiger partial charge on any atom is 0.270 e. The summed E-state index contributed by atoms with van der Waals surface area (Å²) in [7, 11) is -3.68. The predicted molar refractivity (Wildman–Crippen MR) is 120 cm³/mol. The largest absolute Gasteiger partial charge is 0.360 e. The Kier molecular flexibility index (Phi) is 5.96. The van der Waals surface area contributed by atoms with Crippen LogP contribution in [0.1, 0.15) is 17.3 Å². The van der Waals surface area contributed by atoms with Crippen molar-refractivity contribution in [1.29, 1.82) is 0 Å². The van der Waals surface area contributed by atoms with Gasteiger partial charge in [0, 0.05) is 61.1 Å². The zero-order chi connectivity index (χ0) is 22.9. The Balaban J connectivity index is 1.56. The highest BCUT2D eigenvalue weighted by atomic mass is 32.2. The number of benzene rings is 2. The number of carbonyl (C=O) groups excluding carboxylic acids is 1. The number of sulfonamides is 1. The van der Waals surface area contributed by atoms with E-state index in [9.17, 15) is 23.3 Å². The van der Waals surface area contributed by atoms with Gasteiger partial charge in [-0.3, -0.25) is 14.9 Å². The number of piperazine rings is 1. The average Bonchev–Trinajstić information content (AvgIpc) is 3.22. The number of nitrogens with one attached hydrogen (secondary N) is 2.